The molecule has 16 heavy (non-hydrogen) atoms. The Morgan fingerprint density at radius 2 is 2.19 bits per heavy atom. The average Bonchev–Trinajstić information content (AvgIpc) is 2.59. The van der Waals surface area contributed by atoms with Gasteiger partial charge in [-0.2, -0.15) is 0 Å². The first-order valence-corrected chi connectivity index (χ1v) is 6.69. The summed E-state index contributed by atoms with van der Waals surface area (Å²) in [4.78, 5) is 14.3. The molecule has 0 bridgehead atoms. The number of nitrogens with zero attached hydrogens (tertiary/aromatic N) is 1. The van der Waals surface area contributed by atoms with Gasteiger partial charge < -0.3 is 10.2 Å². The molecule has 1 atom stereocenters. The summed E-state index contributed by atoms with van der Waals surface area (Å²) in [7, 11) is 0. The van der Waals surface area contributed by atoms with Crippen LogP contribution in [0.3, 0.4) is 0 Å². The first kappa shape index (κ1) is 11.9. The molecule has 0 aromatic heterocycles. The monoisotopic (exact) mass is 224 g/mol. The van der Waals surface area contributed by atoms with Crippen LogP contribution in [0.4, 0.5) is 0 Å². The lowest BCUT2D eigenvalue weighted by Gasteiger charge is -2.33. The Labute approximate surface area is 98.6 Å². The second kappa shape index (κ2) is 5.17. The number of hydrogen-bond donors (Lipinski definition) is 1. The maximum Gasteiger partial charge on any atom is 0.228 e. The largest absolute Gasteiger partial charge is 0.339 e. The van der Waals surface area contributed by atoms with Crippen molar-refractivity contribution in [3.8, 4) is 0 Å². The Morgan fingerprint density at radius 1 is 1.44 bits per heavy atom. The zero-order valence-electron chi connectivity index (χ0n) is 10.5. The molecule has 1 amide bonds. The predicted molar refractivity (Wildman–Crippen MR) is 65.2 cm³/mol. The van der Waals surface area contributed by atoms with Crippen molar-refractivity contribution in [2.75, 3.05) is 19.6 Å². The molecule has 1 unspecified atom stereocenters. The standard InChI is InChI=1S/C13H24N2O/c1-10(2)5-6-12-4-3-7-15(12)13(16)11-8-14-9-11/h10-12,14H,3-9H2,1-2H3. The quantitative estimate of drug-likeness (QED) is 0.787. The summed E-state index contributed by atoms with van der Waals surface area (Å²) in [6.07, 6.45) is 4.87. The zero-order valence-corrected chi connectivity index (χ0v) is 10.5. The van der Waals surface area contributed by atoms with Gasteiger partial charge in [-0.25, -0.2) is 0 Å². The molecule has 3 heteroatoms. The number of likely N-dealkylation sites (tertiary alicyclic amines) is 1. The maximum absolute atomic E-state index is 12.2. The lowest BCUT2D eigenvalue weighted by molar-refractivity contribution is -0.138. The first-order chi connectivity index (χ1) is 7.68. The second-order valence-electron chi connectivity index (χ2n) is 5.65. The van der Waals surface area contributed by atoms with Crippen molar-refractivity contribution in [1.29, 1.82) is 0 Å². The van der Waals surface area contributed by atoms with E-state index in [1.54, 1.807) is 0 Å². The normalized spacial score (nSPS) is 26.2. The summed E-state index contributed by atoms with van der Waals surface area (Å²) < 4.78 is 0. The molecule has 0 aromatic carbocycles. The van der Waals surface area contributed by atoms with E-state index in [0.29, 0.717) is 11.9 Å². The summed E-state index contributed by atoms with van der Waals surface area (Å²) in [5.74, 6) is 1.44. The Bertz CT molecular complexity index is 248. The van der Waals surface area contributed by atoms with E-state index < -0.39 is 0 Å². The number of carbonyl (C=O) groups excluding carboxylic acids is 1. The number of hydrogen-bond acceptors (Lipinski definition) is 2. The van der Waals surface area contributed by atoms with Crippen LogP contribution in [0.2, 0.25) is 0 Å². The van der Waals surface area contributed by atoms with Crippen LogP contribution in [0.5, 0.6) is 0 Å². The minimum Gasteiger partial charge on any atom is -0.339 e. The van der Waals surface area contributed by atoms with E-state index in [1.807, 2.05) is 0 Å². The van der Waals surface area contributed by atoms with Gasteiger partial charge >= 0.3 is 0 Å². The van der Waals surface area contributed by atoms with Crippen LogP contribution in [-0.4, -0.2) is 36.5 Å². The van der Waals surface area contributed by atoms with Gasteiger partial charge in [0.25, 0.3) is 0 Å². The summed E-state index contributed by atoms with van der Waals surface area (Å²) >= 11 is 0. The average molecular weight is 224 g/mol. The molecular weight excluding hydrogens is 200 g/mol. The van der Waals surface area contributed by atoms with Crippen LogP contribution < -0.4 is 5.32 Å². The second-order valence-corrected chi connectivity index (χ2v) is 5.65. The van der Waals surface area contributed by atoms with E-state index >= 15 is 0 Å². The molecule has 2 rings (SSSR count). The van der Waals surface area contributed by atoms with Crippen LogP contribution in [0.25, 0.3) is 0 Å². The van der Waals surface area contributed by atoms with Gasteiger partial charge in [-0.1, -0.05) is 13.8 Å². The molecule has 2 aliphatic rings. The molecule has 92 valence electrons. The van der Waals surface area contributed by atoms with Crippen LogP contribution in [0, 0.1) is 11.8 Å². The molecule has 0 spiro atoms. The minimum absolute atomic E-state index is 0.277. The fraction of sp³-hybridized carbons (Fsp3) is 0.923. The molecule has 3 nitrogen and oxygen atoms in total. The fourth-order valence-corrected chi connectivity index (χ4v) is 2.65. The Kier molecular flexibility index (Phi) is 3.85. The third kappa shape index (κ3) is 2.57. The first-order valence-electron chi connectivity index (χ1n) is 6.69. The summed E-state index contributed by atoms with van der Waals surface area (Å²) in [5.41, 5.74) is 0. The maximum atomic E-state index is 12.2. The van der Waals surface area contributed by atoms with Crippen molar-refractivity contribution >= 4 is 5.91 Å². The van der Waals surface area contributed by atoms with Gasteiger partial charge in [-0.3, -0.25) is 4.79 Å². The third-order valence-electron chi connectivity index (χ3n) is 3.87. The smallest absolute Gasteiger partial charge is 0.228 e. The fourth-order valence-electron chi connectivity index (χ4n) is 2.65. The third-order valence-corrected chi connectivity index (χ3v) is 3.87. The number of rotatable bonds is 4. The van der Waals surface area contributed by atoms with Gasteiger partial charge in [0, 0.05) is 25.7 Å². The van der Waals surface area contributed by atoms with Crippen LogP contribution in [0.1, 0.15) is 39.5 Å². The van der Waals surface area contributed by atoms with Crippen LogP contribution in [-0.2, 0) is 4.79 Å². The van der Waals surface area contributed by atoms with E-state index in [-0.39, 0.29) is 5.92 Å². The van der Waals surface area contributed by atoms with E-state index in [9.17, 15) is 4.79 Å². The Balaban J connectivity index is 1.84. The molecule has 2 heterocycles. The van der Waals surface area contributed by atoms with Gasteiger partial charge in [-0.05, 0) is 31.6 Å². The number of nitrogens with one attached hydrogen (secondary N) is 1. The summed E-state index contributed by atoms with van der Waals surface area (Å²) in [6, 6.07) is 0.537. The molecule has 0 aromatic rings. The zero-order chi connectivity index (χ0) is 11.5. The highest BCUT2D eigenvalue weighted by Crippen LogP contribution is 2.25. The van der Waals surface area contributed by atoms with Gasteiger partial charge in [0.05, 0.1) is 5.92 Å². The summed E-state index contributed by atoms with van der Waals surface area (Å²) in [5, 5.41) is 3.18. The van der Waals surface area contributed by atoms with Crippen molar-refractivity contribution < 1.29 is 4.79 Å². The number of amides is 1. The van der Waals surface area contributed by atoms with E-state index in [0.717, 1.165) is 25.6 Å². The van der Waals surface area contributed by atoms with Gasteiger partial charge in [0.1, 0.15) is 0 Å². The SMILES string of the molecule is CC(C)CCC1CCCN1C(=O)C1CNC1. The molecule has 1 N–H and O–H groups in total. The molecule has 2 saturated heterocycles. The van der Waals surface area contributed by atoms with E-state index in [1.165, 1.54) is 25.7 Å². The van der Waals surface area contributed by atoms with Crippen LogP contribution in [0.15, 0.2) is 0 Å². The van der Waals surface area contributed by atoms with Gasteiger partial charge in [0.2, 0.25) is 5.91 Å². The molecule has 2 aliphatic heterocycles. The molecule has 0 saturated carbocycles. The van der Waals surface area contributed by atoms with Gasteiger partial charge in [0.15, 0.2) is 0 Å². The number of carbonyl (C=O) groups is 1. The Morgan fingerprint density at radius 3 is 2.75 bits per heavy atom. The molecule has 2 fully saturated rings. The lowest BCUT2D eigenvalue weighted by Crippen LogP contribution is -2.53. The van der Waals surface area contributed by atoms with Crippen LogP contribution >= 0.6 is 0 Å². The van der Waals surface area contributed by atoms with Crippen molar-refractivity contribution in [3.63, 3.8) is 0 Å². The molecular formula is C13H24N2O. The highest BCUT2D eigenvalue weighted by molar-refractivity contribution is 5.80. The Hall–Kier alpha value is -0.570. The predicted octanol–water partition coefficient (Wildman–Crippen LogP) is 1.63. The van der Waals surface area contributed by atoms with E-state index in [2.05, 4.69) is 24.1 Å². The topological polar surface area (TPSA) is 32.3 Å². The lowest BCUT2D eigenvalue weighted by atomic mass is 9.98. The van der Waals surface area contributed by atoms with Gasteiger partial charge in [-0.15, -0.1) is 0 Å². The minimum atomic E-state index is 0.277. The molecule has 0 aliphatic carbocycles. The van der Waals surface area contributed by atoms with Crippen molar-refractivity contribution in [1.82, 2.24) is 10.2 Å². The van der Waals surface area contributed by atoms with Crippen molar-refractivity contribution in [3.05, 3.63) is 0 Å². The molecule has 0 radical (unpaired) electrons. The highest BCUT2D eigenvalue weighted by Gasteiger charge is 2.35. The highest BCUT2D eigenvalue weighted by atomic mass is 16.2. The summed E-state index contributed by atoms with van der Waals surface area (Å²) in [6.45, 7) is 7.31. The van der Waals surface area contributed by atoms with E-state index in [4.69, 9.17) is 0 Å². The van der Waals surface area contributed by atoms with Crippen molar-refractivity contribution in [2.24, 2.45) is 11.8 Å². The van der Waals surface area contributed by atoms with Crippen molar-refractivity contribution in [2.45, 2.75) is 45.6 Å².